The number of carbonyl (C=O) groups is 2. The number of halogens is 1. The number of Topliss-reactive ketones (excluding diaryl/α,β-unsaturated/α-hetero) is 1. The van der Waals surface area contributed by atoms with Crippen LogP contribution in [-0.2, 0) is 20.7 Å². The summed E-state index contributed by atoms with van der Waals surface area (Å²) in [5, 5.41) is 0. The fourth-order valence-corrected chi connectivity index (χ4v) is 3.11. The highest BCUT2D eigenvalue weighted by molar-refractivity contribution is 9.10. The van der Waals surface area contributed by atoms with E-state index in [0.29, 0.717) is 18.8 Å². The predicted molar refractivity (Wildman–Crippen MR) is 105 cm³/mol. The predicted octanol–water partition coefficient (Wildman–Crippen LogP) is 5.59. The van der Waals surface area contributed by atoms with E-state index in [2.05, 4.69) is 29.8 Å². The van der Waals surface area contributed by atoms with E-state index in [1.165, 1.54) is 0 Å². The summed E-state index contributed by atoms with van der Waals surface area (Å²) in [5.41, 5.74) is 0.492. The molecule has 0 unspecified atom stereocenters. The van der Waals surface area contributed by atoms with Crippen molar-refractivity contribution in [1.82, 2.24) is 0 Å². The third-order valence-electron chi connectivity index (χ3n) is 3.99. The Hall–Kier alpha value is -1.16. The van der Waals surface area contributed by atoms with E-state index in [4.69, 9.17) is 4.74 Å². The molecular weight excluding hydrogens is 380 g/mol. The van der Waals surface area contributed by atoms with Crippen molar-refractivity contribution in [3.8, 4) is 0 Å². The lowest BCUT2D eigenvalue weighted by molar-refractivity contribution is -0.162. The van der Waals surface area contributed by atoms with E-state index in [-0.39, 0.29) is 23.6 Å². The zero-order valence-electron chi connectivity index (χ0n) is 16.3. The number of hydrogen-bond donors (Lipinski definition) is 0. The highest BCUT2D eigenvalue weighted by Gasteiger charge is 2.31. The Bertz CT molecular complexity index is 570. The molecule has 2 atom stereocenters. The smallest absolute Gasteiger partial charge is 0.309 e. The summed E-state index contributed by atoms with van der Waals surface area (Å²) in [6.07, 6.45) is 1.54. The van der Waals surface area contributed by atoms with Crippen LogP contribution in [0.4, 0.5) is 0 Å². The van der Waals surface area contributed by atoms with Gasteiger partial charge in [-0.2, -0.15) is 0 Å². The number of esters is 1. The quantitative estimate of drug-likeness (QED) is 0.524. The van der Waals surface area contributed by atoms with Gasteiger partial charge in [-0.25, -0.2) is 0 Å². The average molecular weight is 411 g/mol. The van der Waals surface area contributed by atoms with E-state index in [0.717, 1.165) is 16.5 Å². The molecule has 25 heavy (non-hydrogen) atoms. The molecule has 0 aliphatic rings. The van der Waals surface area contributed by atoms with Crippen molar-refractivity contribution in [3.63, 3.8) is 0 Å². The van der Waals surface area contributed by atoms with Crippen LogP contribution in [0.25, 0.3) is 0 Å². The molecule has 0 saturated carbocycles. The Morgan fingerprint density at radius 1 is 1.08 bits per heavy atom. The van der Waals surface area contributed by atoms with Gasteiger partial charge >= 0.3 is 5.97 Å². The van der Waals surface area contributed by atoms with E-state index >= 15 is 0 Å². The molecule has 0 bridgehead atoms. The molecular formula is C21H31BrO3. The minimum Gasteiger partial charge on any atom is -0.460 e. The van der Waals surface area contributed by atoms with E-state index in [1.807, 2.05) is 52.0 Å². The van der Waals surface area contributed by atoms with Crippen LogP contribution in [0.5, 0.6) is 0 Å². The van der Waals surface area contributed by atoms with Gasteiger partial charge in [-0.05, 0) is 56.7 Å². The average Bonchev–Trinajstić information content (AvgIpc) is 2.44. The van der Waals surface area contributed by atoms with Crippen LogP contribution < -0.4 is 0 Å². The summed E-state index contributed by atoms with van der Waals surface area (Å²) in [7, 11) is 0. The number of rotatable bonds is 8. The molecule has 0 aliphatic carbocycles. The number of ketones is 1. The zero-order chi connectivity index (χ0) is 19.2. The number of hydrogen-bond acceptors (Lipinski definition) is 3. The summed E-state index contributed by atoms with van der Waals surface area (Å²) in [4.78, 5) is 25.0. The second-order valence-electron chi connectivity index (χ2n) is 8.29. The van der Waals surface area contributed by atoms with Gasteiger partial charge in [0.25, 0.3) is 0 Å². The summed E-state index contributed by atoms with van der Waals surface area (Å²) >= 11 is 3.40. The Morgan fingerprint density at radius 3 is 2.12 bits per heavy atom. The van der Waals surface area contributed by atoms with Crippen LogP contribution in [0.15, 0.2) is 28.7 Å². The molecule has 140 valence electrons. The monoisotopic (exact) mass is 410 g/mol. The van der Waals surface area contributed by atoms with Gasteiger partial charge in [0.1, 0.15) is 11.4 Å². The lowest BCUT2D eigenvalue weighted by atomic mass is 9.83. The third-order valence-corrected chi connectivity index (χ3v) is 4.51. The number of benzene rings is 1. The van der Waals surface area contributed by atoms with Gasteiger partial charge in [-0.15, -0.1) is 0 Å². The summed E-state index contributed by atoms with van der Waals surface area (Å²) in [6.45, 7) is 11.8. The zero-order valence-corrected chi connectivity index (χ0v) is 17.9. The van der Waals surface area contributed by atoms with Gasteiger partial charge in [0.15, 0.2) is 0 Å². The fraction of sp³-hybridized carbons (Fsp3) is 0.619. The first kappa shape index (κ1) is 21.9. The molecule has 1 rings (SSSR count). The summed E-state index contributed by atoms with van der Waals surface area (Å²) in [6, 6.07) is 7.78. The van der Waals surface area contributed by atoms with E-state index < -0.39 is 5.60 Å². The van der Waals surface area contributed by atoms with Crippen molar-refractivity contribution >= 4 is 27.7 Å². The van der Waals surface area contributed by atoms with Crippen molar-refractivity contribution < 1.29 is 14.3 Å². The number of ether oxygens (including phenoxy) is 1. The Balaban J connectivity index is 2.72. The van der Waals surface area contributed by atoms with Crippen molar-refractivity contribution in [3.05, 3.63) is 34.3 Å². The maximum atomic E-state index is 12.6. The highest BCUT2D eigenvalue weighted by Crippen LogP contribution is 2.27. The second kappa shape index (κ2) is 9.51. The lowest BCUT2D eigenvalue weighted by Gasteiger charge is -2.28. The van der Waals surface area contributed by atoms with Crippen molar-refractivity contribution in [2.45, 2.75) is 66.4 Å². The van der Waals surface area contributed by atoms with Crippen molar-refractivity contribution in [2.24, 2.45) is 17.8 Å². The van der Waals surface area contributed by atoms with Crippen LogP contribution >= 0.6 is 15.9 Å². The third kappa shape index (κ3) is 8.66. The molecule has 1 aromatic rings. The highest BCUT2D eigenvalue weighted by atomic mass is 79.9. The standard InChI is InChI=1S/C21H31BrO3/c1-14(2)11-19(20(24)25-21(4,5)6)15(3)12-18(23)13-16-7-9-17(22)10-8-16/h7-10,14-15,19H,11-13H2,1-6H3/t15-,19+/m0/s1. The molecule has 0 radical (unpaired) electrons. The number of carbonyl (C=O) groups excluding carboxylic acids is 2. The maximum Gasteiger partial charge on any atom is 0.309 e. The molecule has 1 aromatic carbocycles. The van der Waals surface area contributed by atoms with Crippen LogP contribution in [0.3, 0.4) is 0 Å². The molecule has 3 nitrogen and oxygen atoms in total. The fourth-order valence-electron chi connectivity index (χ4n) is 2.85. The Morgan fingerprint density at radius 2 is 1.64 bits per heavy atom. The molecule has 0 fully saturated rings. The molecule has 0 aromatic heterocycles. The van der Waals surface area contributed by atoms with Crippen LogP contribution in [0.2, 0.25) is 0 Å². The van der Waals surface area contributed by atoms with Gasteiger partial charge < -0.3 is 4.74 Å². The molecule has 0 spiro atoms. The van der Waals surface area contributed by atoms with Crippen LogP contribution in [-0.4, -0.2) is 17.4 Å². The molecule has 0 N–H and O–H groups in total. The summed E-state index contributed by atoms with van der Waals surface area (Å²) < 4.78 is 6.58. The first-order valence-electron chi connectivity index (χ1n) is 8.97. The minimum atomic E-state index is -0.506. The summed E-state index contributed by atoms with van der Waals surface area (Å²) in [5.74, 6) is 0.0760. The Kier molecular flexibility index (Phi) is 8.33. The normalized spacial score (nSPS) is 14.2. The minimum absolute atomic E-state index is 0.0276. The van der Waals surface area contributed by atoms with Gasteiger partial charge in [0.2, 0.25) is 0 Å². The topological polar surface area (TPSA) is 43.4 Å². The molecule has 0 aliphatic heterocycles. The lowest BCUT2D eigenvalue weighted by Crippen LogP contribution is -2.33. The maximum absolute atomic E-state index is 12.6. The van der Waals surface area contributed by atoms with Crippen molar-refractivity contribution in [2.75, 3.05) is 0 Å². The van der Waals surface area contributed by atoms with Crippen LogP contribution in [0.1, 0.15) is 59.9 Å². The first-order valence-corrected chi connectivity index (χ1v) is 9.76. The van der Waals surface area contributed by atoms with Gasteiger partial charge in [0, 0.05) is 17.3 Å². The molecule has 0 amide bonds. The van der Waals surface area contributed by atoms with Gasteiger partial charge in [-0.1, -0.05) is 48.8 Å². The largest absolute Gasteiger partial charge is 0.460 e. The Labute approximate surface area is 160 Å². The SMILES string of the molecule is CC(C)C[C@@H](C(=O)OC(C)(C)C)[C@@H](C)CC(=O)Cc1ccc(Br)cc1. The molecule has 0 heterocycles. The van der Waals surface area contributed by atoms with E-state index in [9.17, 15) is 9.59 Å². The van der Waals surface area contributed by atoms with Gasteiger partial charge in [0.05, 0.1) is 5.92 Å². The second-order valence-corrected chi connectivity index (χ2v) is 9.21. The van der Waals surface area contributed by atoms with E-state index in [1.54, 1.807) is 0 Å². The molecule has 4 heteroatoms. The van der Waals surface area contributed by atoms with Crippen LogP contribution in [0, 0.1) is 17.8 Å². The molecule has 0 saturated heterocycles. The van der Waals surface area contributed by atoms with Gasteiger partial charge in [-0.3, -0.25) is 9.59 Å². The first-order chi connectivity index (χ1) is 11.5. The van der Waals surface area contributed by atoms with Crippen molar-refractivity contribution in [1.29, 1.82) is 0 Å².